The fourth-order valence-corrected chi connectivity index (χ4v) is 3.16. The number of hydrogen-bond acceptors (Lipinski definition) is 4. The number of aryl methyl sites for hydroxylation is 1. The highest BCUT2D eigenvalue weighted by Gasteiger charge is 2.11. The Morgan fingerprint density at radius 1 is 1.24 bits per heavy atom. The molecular formula is C17H17NO2S. The van der Waals surface area contributed by atoms with E-state index in [-0.39, 0.29) is 5.63 Å². The molecule has 0 aliphatic carbocycles. The molecule has 0 unspecified atom stereocenters. The molecule has 0 spiro atoms. The SMILES string of the molecule is CCCCCc1nc(-c2cc3ccccc3oc2=O)cs1. The van der Waals surface area contributed by atoms with Crippen LogP contribution in [-0.4, -0.2) is 4.98 Å². The summed E-state index contributed by atoms with van der Waals surface area (Å²) in [6.45, 7) is 2.19. The summed E-state index contributed by atoms with van der Waals surface area (Å²) in [6, 6.07) is 9.41. The zero-order valence-electron chi connectivity index (χ0n) is 12.0. The number of aromatic nitrogens is 1. The molecule has 3 aromatic rings. The summed E-state index contributed by atoms with van der Waals surface area (Å²) in [7, 11) is 0. The van der Waals surface area contributed by atoms with Crippen LogP contribution in [0.25, 0.3) is 22.2 Å². The maximum atomic E-state index is 12.1. The maximum Gasteiger partial charge on any atom is 0.345 e. The van der Waals surface area contributed by atoms with Crippen molar-refractivity contribution < 1.29 is 4.42 Å². The quantitative estimate of drug-likeness (QED) is 0.509. The molecule has 3 nitrogen and oxygen atoms in total. The van der Waals surface area contributed by atoms with Gasteiger partial charge in [-0.25, -0.2) is 9.78 Å². The van der Waals surface area contributed by atoms with Gasteiger partial charge in [0.2, 0.25) is 0 Å². The third-order valence-corrected chi connectivity index (χ3v) is 4.37. The Morgan fingerprint density at radius 3 is 2.95 bits per heavy atom. The molecule has 0 aliphatic heterocycles. The van der Waals surface area contributed by atoms with E-state index in [0.29, 0.717) is 11.1 Å². The van der Waals surface area contributed by atoms with Gasteiger partial charge < -0.3 is 4.42 Å². The van der Waals surface area contributed by atoms with Crippen LogP contribution in [0.3, 0.4) is 0 Å². The molecule has 0 fully saturated rings. The van der Waals surface area contributed by atoms with Crippen LogP contribution >= 0.6 is 11.3 Å². The zero-order chi connectivity index (χ0) is 14.7. The average molecular weight is 299 g/mol. The number of unbranched alkanes of at least 4 members (excludes halogenated alkanes) is 2. The second-order valence-corrected chi connectivity index (χ2v) is 6.01. The first kappa shape index (κ1) is 14.0. The lowest BCUT2D eigenvalue weighted by Gasteiger charge is -1.99. The van der Waals surface area contributed by atoms with Crippen LogP contribution in [0.5, 0.6) is 0 Å². The molecule has 0 atom stereocenters. The fraction of sp³-hybridized carbons (Fsp3) is 0.294. The van der Waals surface area contributed by atoms with Gasteiger partial charge in [-0.15, -0.1) is 11.3 Å². The van der Waals surface area contributed by atoms with Crippen molar-refractivity contribution in [2.45, 2.75) is 32.6 Å². The molecule has 1 aromatic carbocycles. The Bertz CT molecular complexity index is 804. The molecule has 4 heteroatoms. The van der Waals surface area contributed by atoms with Crippen LogP contribution in [0.4, 0.5) is 0 Å². The highest BCUT2D eigenvalue weighted by atomic mass is 32.1. The van der Waals surface area contributed by atoms with Gasteiger partial charge in [0.05, 0.1) is 16.3 Å². The van der Waals surface area contributed by atoms with Crippen molar-refractivity contribution in [1.82, 2.24) is 4.98 Å². The number of fused-ring (bicyclic) bond motifs is 1. The number of thiazole rings is 1. The van der Waals surface area contributed by atoms with Gasteiger partial charge in [0, 0.05) is 10.8 Å². The Hall–Kier alpha value is -1.94. The smallest absolute Gasteiger partial charge is 0.345 e. The lowest BCUT2D eigenvalue weighted by atomic mass is 10.1. The van der Waals surface area contributed by atoms with Gasteiger partial charge in [-0.2, -0.15) is 0 Å². The van der Waals surface area contributed by atoms with Crippen LogP contribution in [0.1, 0.15) is 31.2 Å². The Kier molecular flexibility index (Phi) is 4.15. The van der Waals surface area contributed by atoms with E-state index in [1.807, 2.05) is 29.6 Å². The van der Waals surface area contributed by atoms with Gasteiger partial charge >= 0.3 is 5.63 Å². The summed E-state index contributed by atoms with van der Waals surface area (Å²) >= 11 is 1.62. The molecule has 0 N–H and O–H groups in total. The molecule has 0 saturated carbocycles. The van der Waals surface area contributed by atoms with Crippen molar-refractivity contribution in [3.8, 4) is 11.3 Å². The first-order chi connectivity index (χ1) is 10.3. The number of nitrogens with zero attached hydrogens (tertiary/aromatic N) is 1. The number of rotatable bonds is 5. The predicted octanol–water partition coefficient (Wildman–Crippen LogP) is 4.65. The first-order valence-electron chi connectivity index (χ1n) is 7.25. The number of benzene rings is 1. The first-order valence-corrected chi connectivity index (χ1v) is 8.13. The van der Waals surface area contributed by atoms with E-state index in [9.17, 15) is 4.79 Å². The molecule has 0 saturated heterocycles. The van der Waals surface area contributed by atoms with Crippen molar-refractivity contribution in [2.24, 2.45) is 0 Å². The van der Waals surface area contributed by atoms with E-state index in [1.54, 1.807) is 17.4 Å². The monoisotopic (exact) mass is 299 g/mol. The molecule has 2 aromatic heterocycles. The minimum Gasteiger partial charge on any atom is -0.422 e. The molecule has 21 heavy (non-hydrogen) atoms. The topological polar surface area (TPSA) is 43.1 Å². The summed E-state index contributed by atoms with van der Waals surface area (Å²) in [5.41, 5.74) is 1.57. The van der Waals surface area contributed by atoms with Gasteiger partial charge in [-0.05, 0) is 25.0 Å². The Morgan fingerprint density at radius 2 is 2.10 bits per heavy atom. The van der Waals surface area contributed by atoms with E-state index in [4.69, 9.17) is 4.42 Å². The normalized spacial score (nSPS) is 11.1. The van der Waals surface area contributed by atoms with E-state index in [0.717, 1.165) is 28.9 Å². The summed E-state index contributed by atoms with van der Waals surface area (Å²) in [5, 5.41) is 3.96. The zero-order valence-corrected chi connectivity index (χ0v) is 12.8. The second-order valence-electron chi connectivity index (χ2n) is 5.07. The van der Waals surface area contributed by atoms with Gasteiger partial charge in [0.25, 0.3) is 0 Å². The van der Waals surface area contributed by atoms with E-state index < -0.39 is 0 Å². The predicted molar refractivity (Wildman–Crippen MR) is 86.8 cm³/mol. The maximum absolute atomic E-state index is 12.1. The van der Waals surface area contributed by atoms with Gasteiger partial charge in [0.1, 0.15) is 5.58 Å². The summed E-state index contributed by atoms with van der Waals surface area (Å²) < 4.78 is 5.36. The Labute approximate surface area is 127 Å². The van der Waals surface area contributed by atoms with Crippen LogP contribution < -0.4 is 5.63 Å². The molecular weight excluding hydrogens is 282 g/mol. The second kappa shape index (κ2) is 6.22. The molecule has 0 aliphatic rings. The van der Waals surface area contributed by atoms with Crippen molar-refractivity contribution in [1.29, 1.82) is 0 Å². The molecule has 0 amide bonds. The largest absolute Gasteiger partial charge is 0.422 e. The van der Waals surface area contributed by atoms with Crippen molar-refractivity contribution in [3.05, 3.63) is 51.1 Å². The summed E-state index contributed by atoms with van der Waals surface area (Å²) in [4.78, 5) is 16.7. The summed E-state index contributed by atoms with van der Waals surface area (Å²) in [6.07, 6.45) is 4.55. The van der Waals surface area contributed by atoms with Crippen LogP contribution in [0, 0.1) is 0 Å². The standard InChI is InChI=1S/C17H17NO2S/c1-2-3-4-9-16-18-14(11-21-16)13-10-12-7-5-6-8-15(12)20-17(13)19/h5-8,10-11H,2-4,9H2,1H3. The van der Waals surface area contributed by atoms with Gasteiger partial charge in [-0.3, -0.25) is 0 Å². The lowest BCUT2D eigenvalue weighted by molar-refractivity contribution is 0.563. The van der Waals surface area contributed by atoms with Gasteiger partial charge in [0.15, 0.2) is 0 Å². The number of hydrogen-bond donors (Lipinski definition) is 0. The third kappa shape index (κ3) is 3.05. The van der Waals surface area contributed by atoms with Crippen molar-refractivity contribution >= 4 is 22.3 Å². The third-order valence-electron chi connectivity index (χ3n) is 3.46. The van der Waals surface area contributed by atoms with Crippen LogP contribution in [0.2, 0.25) is 0 Å². The molecule has 3 rings (SSSR count). The minimum absolute atomic E-state index is 0.320. The number of para-hydroxylation sites is 1. The van der Waals surface area contributed by atoms with Crippen LogP contribution in [-0.2, 0) is 6.42 Å². The van der Waals surface area contributed by atoms with Gasteiger partial charge in [-0.1, -0.05) is 38.0 Å². The van der Waals surface area contributed by atoms with E-state index >= 15 is 0 Å². The van der Waals surface area contributed by atoms with E-state index in [1.165, 1.54) is 12.8 Å². The van der Waals surface area contributed by atoms with Crippen molar-refractivity contribution in [3.63, 3.8) is 0 Å². The molecule has 0 bridgehead atoms. The van der Waals surface area contributed by atoms with E-state index in [2.05, 4.69) is 11.9 Å². The summed E-state index contributed by atoms with van der Waals surface area (Å²) in [5.74, 6) is 0. The highest BCUT2D eigenvalue weighted by Crippen LogP contribution is 2.23. The fourth-order valence-electron chi connectivity index (χ4n) is 2.32. The Balaban J connectivity index is 1.93. The minimum atomic E-state index is -0.320. The molecule has 0 radical (unpaired) electrons. The average Bonchev–Trinajstić information content (AvgIpc) is 2.95. The lowest BCUT2D eigenvalue weighted by Crippen LogP contribution is -2.02. The van der Waals surface area contributed by atoms with Crippen molar-refractivity contribution in [2.75, 3.05) is 0 Å². The van der Waals surface area contributed by atoms with Crippen LogP contribution in [0.15, 0.2) is 44.9 Å². The molecule has 108 valence electrons. The highest BCUT2D eigenvalue weighted by molar-refractivity contribution is 7.09. The molecule has 2 heterocycles.